The molecule has 104 valence electrons. The van der Waals surface area contributed by atoms with E-state index in [4.69, 9.17) is 5.11 Å². The molecule has 1 amide bonds. The second kappa shape index (κ2) is 5.83. The third kappa shape index (κ3) is 2.85. The smallest absolute Gasteiger partial charge is 0.340 e. The van der Waals surface area contributed by atoms with Crippen LogP contribution in [0.2, 0.25) is 0 Å². The number of carboxylic acids is 1. The Morgan fingerprint density at radius 3 is 2.50 bits per heavy atom. The van der Waals surface area contributed by atoms with E-state index in [1.807, 2.05) is 19.1 Å². The standard InChI is InChI=1S/C14H14N2O3S/c1-3-9-4-6-10(7-5-9)12(17)15-13-11(14(18)19)8(2)16-20-13/h4-7H,3H2,1-2H3,(H,15,17)(H,18,19). The zero-order valence-corrected chi connectivity index (χ0v) is 12.0. The number of rotatable bonds is 4. The molecule has 0 atom stereocenters. The largest absolute Gasteiger partial charge is 0.478 e. The Balaban J connectivity index is 2.21. The van der Waals surface area contributed by atoms with Crippen LogP contribution < -0.4 is 5.32 Å². The van der Waals surface area contributed by atoms with Crippen LogP contribution in [0.5, 0.6) is 0 Å². The maximum atomic E-state index is 12.1. The van der Waals surface area contributed by atoms with Crippen molar-refractivity contribution in [3.63, 3.8) is 0 Å². The van der Waals surface area contributed by atoms with Gasteiger partial charge in [-0.1, -0.05) is 19.1 Å². The van der Waals surface area contributed by atoms with Crippen LogP contribution in [0.15, 0.2) is 24.3 Å². The van der Waals surface area contributed by atoms with E-state index < -0.39 is 5.97 Å². The lowest BCUT2D eigenvalue weighted by atomic mass is 10.1. The zero-order chi connectivity index (χ0) is 14.7. The van der Waals surface area contributed by atoms with E-state index in [2.05, 4.69) is 9.69 Å². The molecule has 20 heavy (non-hydrogen) atoms. The van der Waals surface area contributed by atoms with Gasteiger partial charge in [0.15, 0.2) is 0 Å². The van der Waals surface area contributed by atoms with Gasteiger partial charge < -0.3 is 10.4 Å². The third-order valence-corrected chi connectivity index (χ3v) is 3.78. The Morgan fingerprint density at radius 1 is 1.30 bits per heavy atom. The van der Waals surface area contributed by atoms with Crippen LogP contribution in [0, 0.1) is 6.92 Å². The Bertz CT molecular complexity index is 647. The molecule has 1 aromatic carbocycles. The summed E-state index contributed by atoms with van der Waals surface area (Å²) < 4.78 is 3.96. The first-order valence-electron chi connectivity index (χ1n) is 6.12. The fourth-order valence-electron chi connectivity index (χ4n) is 1.77. The number of amides is 1. The molecule has 0 aliphatic heterocycles. The summed E-state index contributed by atoms with van der Waals surface area (Å²) in [6, 6.07) is 7.21. The van der Waals surface area contributed by atoms with Crippen LogP contribution in [-0.2, 0) is 6.42 Å². The van der Waals surface area contributed by atoms with Gasteiger partial charge in [-0.2, -0.15) is 4.37 Å². The van der Waals surface area contributed by atoms with Gasteiger partial charge in [0.05, 0.1) is 5.69 Å². The summed E-state index contributed by atoms with van der Waals surface area (Å²) in [7, 11) is 0. The fraction of sp³-hybridized carbons (Fsp3) is 0.214. The highest BCUT2D eigenvalue weighted by Gasteiger charge is 2.19. The molecule has 0 radical (unpaired) electrons. The van der Waals surface area contributed by atoms with Gasteiger partial charge in [0.1, 0.15) is 10.6 Å². The lowest BCUT2D eigenvalue weighted by Gasteiger charge is -2.04. The molecular weight excluding hydrogens is 276 g/mol. The summed E-state index contributed by atoms with van der Waals surface area (Å²) in [6.07, 6.45) is 0.902. The van der Waals surface area contributed by atoms with Crippen LogP contribution >= 0.6 is 11.5 Å². The van der Waals surface area contributed by atoms with E-state index in [9.17, 15) is 9.59 Å². The number of aryl methyl sites for hydroxylation is 2. The average molecular weight is 290 g/mol. The van der Waals surface area contributed by atoms with E-state index in [1.54, 1.807) is 19.1 Å². The third-order valence-electron chi connectivity index (χ3n) is 2.93. The highest BCUT2D eigenvalue weighted by molar-refractivity contribution is 7.11. The molecule has 5 nitrogen and oxygen atoms in total. The number of carboxylic acid groups (broad SMARTS) is 1. The number of anilines is 1. The second-order valence-electron chi connectivity index (χ2n) is 4.28. The SMILES string of the molecule is CCc1ccc(C(=O)Nc2snc(C)c2C(=O)O)cc1. The van der Waals surface area contributed by atoms with Crippen LogP contribution in [0.1, 0.15) is 38.9 Å². The number of hydrogen-bond acceptors (Lipinski definition) is 4. The molecule has 6 heteroatoms. The minimum absolute atomic E-state index is 0.0496. The zero-order valence-electron chi connectivity index (χ0n) is 11.1. The molecule has 0 unspecified atom stereocenters. The lowest BCUT2D eigenvalue weighted by molar-refractivity contribution is 0.0697. The second-order valence-corrected chi connectivity index (χ2v) is 5.06. The number of nitrogens with one attached hydrogen (secondary N) is 1. The predicted octanol–water partition coefficient (Wildman–Crippen LogP) is 2.96. The Hall–Kier alpha value is -2.21. The first-order chi connectivity index (χ1) is 9.52. The molecule has 0 saturated carbocycles. The molecule has 2 aromatic rings. The first kappa shape index (κ1) is 14.2. The monoisotopic (exact) mass is 290 g/mol. The van der Waals surface area contributed by atoms with E-state index in [0.717, 1.165) is 23.5 Å². The molecule has 2 rings (SSSR count). The minimum atomic E-state index is -1.09. The summed E-state index contributed by atoms with van der Waals surface area (Å²) in [4.78, 5) is 23.2. The van der Waals surface area contributed by atoms with Crippen LogP contribution in [0.3, 0.4) is 0 Å². The molecule has 1 aromatic heterocycles. The Kier molecular flexibility index (Phi) is 4.14. The molecule has 0 bridgehead atoms. The number of carbonyl (C=O) groups excluding carboxylic acids is 1. The summed E-state index contributed by atoms with van der Waals surface area (Å²) in [5.74, 6) is -1.42. The molecule has 0 fully saturated rings. The lowest BCUT2D eigenvalue weighted by Crippen LogP contribution is -2.13. The van der Waals surface area contributed by atoms with E-state index in [1.165, 1.54) is 0 Å². The Morgan fingerprint density at radius 2 is 1.95 bits per heavy atom. The average Bonchev–Trinajstić information content (AvgIpc) is 2.79. The summed E-state index contributed by atoms with van der Waals surface area (Å²) in [5.41, 5.74) is 2.08. The van der Waals surface area contributed by atoms with Crippen molar-refractivity contribution in [3.05, 3.63) is 46.6 Å². The molecular formula is C14H14N2O3S. The van der Waals surface area contributed by atoms with Crippen molar-refractivity contribution >= 4 is 28.4 Å². The van der Waals surface area contributed by atoms with E-state index in [0.29, 0.717) is 11.3 Å². The number of aromatic nitrogens is 1. The molecule has 0 aliphatic carbocycles. The number of hydrogen-bond donors (Lipinski definition) is 2. The van der Waals surface area contributed by atoms with Gasteiger partial charge in [-0.3, -0.25) is 4.79 Å². The number of benzene rings is 1. The van der Waals surface area contributed by atoms with Gasteiger partial charge in [0.25, 0.3) is 5.91 Å². The highest BCUT2D eigenvalue weighted by atomic mass is 32.1. The summed E-state index contributed by atoms with van der Waals surface area (Å²) in [6.45, 7) is 3.64. The van der Waals surface area contributed by atoms with Crippen molar-refractivity contribution in [2.45, 2.75) is 20.3 Å². The van der Waals surface area contributed by atoms with Crippen molar-refractivity contribution < 1.29 is 14.7 Å². The van der Waals surface area contributed by atoms with Gasteiger partial charge in [0, 0.05) is 5.56 Å². The summed E-state index contributed by atoms with van der Waals surface area (Å²) >= 11 is 0.972. The predicted molar refractivity (Wildman–Crippen MR) is 77.6 cm³/mol. The number of aromatic carboxylic acids is 1. The quantitative estimate of drug-likeness (QED) is 0.907. The molecule has 1 heterocycles. The van der Waals surface area contributed by atoms with Gasteiger partial charge in [-0.15, -0.1) is 0 Å². The van der Waals surface area contributed by atoms with Crippen LogP contribution in [0.4, 0.5) is 5.00 Å². The summed E-state index contributed by atoms with van der Waals surface area (Å²) in [5, 5.41) is 12.0. The normalized spacial score (nSPS) is 10.3. The number of nitrogens with zero attached hydrogens (tertiary/aromatic N) is 1. The maximum absolute atomic E-state index is 12.1. The highest BCUT2D eigenvalue weighted by Crippen LogP contribution is 2.25. The van der Waals surface area contributed by atoms with Gasteiger partial charge >= 0.3 is 5.97 Å². The first-order valence-corrected chi connectivity index (χ1v) is 6.90. The van der Waals surface area contributed by atoms with E-state index >= 15 is 0 Å². The topological polar surface area (TPSA) is 79.3 Å². The van der Waals surface area contributed by atoms with Gasteiger partial charge in [-0.05, 0) is 42.6 Å². The van der Waals surface area contributed by atoms with E-state index in [-0.39, 0.29) is 16.5 Å². The van der Waals surface area contributed by atoms with Crippen molar-refractivity contribution in [1.29, 1.82) is 0 Å². The molecule has 0 saturated heterocycles. The van der Waals surface area contributed by atoms with Gasteiger partial charge in [-0.25, -0.2) is 4.79 Å². The molecule has 0 spiro atoms. The molecule has 2 N–H and O–H groups in total. The van der Waals surface area contributed by atoms with Crippen LogP contribution in [0.25, 0.3) is 0 Å². The minimum Gasteiger partial charge on any atom is -0.478 e. The van der Waals surface area contributed by atoms with Crippen molar-refractivity contribution in [1.82, 2.24) is 4.37 Å². The Labute approximate surface area is 120 Å². The fourth-order valence-corrected chi connectivity index (χ4v) is 2.56. The van der Waals surface area contributed by atoms with Crippen molar-refractivity contribution in [3.8, 4) is 0 Å². The van der Waals surface area contributed by atoms with Gasteiger partial charge in [0.2, 0.25) is 0 Å². The van der Waals surface area contributed by atoms with Crippen molar-refractivity contribution in [2.75, 3.05) is 5.32 Å². The van der Waals surface area contributed by atoms with Crippen LogP contribution in [-0.4, -0.2) is 21.4 Å². The molecule has 0 aliphatic rings. The maximum Gasteiger partial charge on any atom is 0.340 e. The van der Waals surface area contributed by atoms with Crippen molar-refractivity contribution in [2.24, 2.45) is 0 Å². The number of carbonyl (C=O) groups is 2.